The molecule has 2 heterocycles. The van der Waals surface area contributed by atoms with E-state index in [-0.39, 0.29) is 36.3 Å². The Hall–Kier alpha value is -2.07. The number of hydrogen-bond donors (Lipinski definition) is 1. The van der Waals surface area contributed by atoms with Gasteiger partial charge in [0.1, 0.15) is 6.10 Å². The van der Waals surface area contributed by atoms with Crippen molar-refractivity contribution < 1.29 is 22.7 Å². The minimum atomic E-state index is -3.56. The molecular formula is C17H24N4O5S. The smallest absolute Gasteiger partial charge is 0.232 e. The predicted octanol–water partition coefficient (Wildman–Crippen LogP) is 0.625. The van der Waals surface area contributed by atoms with E-state index in [4.69, 9.17) is 4.74 Å². The van der Waals surface area contributed by atoms with Gasteiger partial charge in [-0.05, 0) is 32.1 Å². The zero-order chi connectivity index (χ0) is 19.3. The van der Waals surface area contributed by atoms with Gasteiger partial charge in [-0.2, -0.15) is 0 Å². The number of hydrogen-bond acceptors (Lipinski definition) is 7. The molecule has 3 rings (SSSR count). The largest absolute Gasteiger partial charge is 0.473 e. The third-order valence-electron chi connectivity index (χ3n) is 4.81. The van der Waals surface area contributed by atoms with Gasteiger partial charge < -0.3 is 4.74 Å². The molecule has 27 heavy (non-hydrogen) atoms. The molecule has 0 spiro atoms. The molecule has 0 radical (unpaired) electrons. The SMILES string of the molecule is O=C1CCCC(=O)N1CCS(=O)(=O)NC1CCC(Oc2cnccn2)CC1. The molecular weight excluding hydrogens is 372 g/mol. The van der Waals surface area contributed by atoms with Crippen molar-refractivity contribution >= 4 is 21.8 Å². The molecule has 1 aliphatic heterocycles. The standard InChI is InChI=1S/C17H24N4O5S/c22-16-2-1-3-17(23)21(16)10-11-27(24,25)20-13-4-6-14(7-5-13)26-15-12-18-8-9-19-15/h8-9,12-14,20H,1-7,10-11H2. The average molecular weight is 396 g/mol. The van der Waals surface area contributed by atoms with Crippen molar-refractivity contribution in [2.45, 2.75) is 57.1 Å². The van der Waals surface area contributed by atoms with Crippen LogP contribution in [-0.4, -0.2) is 59.5 Å². The maximum atomic E-state index is 12.3. The number of nitrogens with one attached hydrogen (secondary N) is 1. The Morgan fingerprint density at radius 1 is 1.11 bits per heavy atom. The Kier molecular flexibility index (Phi) is 6.38. The molecule has 2 amide bonds. The van der Waals surface area contributed by atoms with Gasteiger partial charge in [-0.25, -0.2) is 18.1 Å². The van der Waals surface area contributed by atoms with Crippen LogP contribution in [0.4, 0.5) is 0 Å². The molecule has 2 fully saturated rings. The van der Waals surface area contributed by atoms with Gasteiger partial charge in [-0.15, -0.1) is 0 Å². The fourth-order valence-electron chi connectivity index (χ4n) is 3.39. The van der Waals surface area contributed by atoms with Crippen molar-refractivity contribution in [3.8, 4) is 5.88 Å². The van der Waals surface area contributed by atoms with E-state index in [0.717, 1.165) is 4.90 Å². The number of likely N-dealkylation sites (tertiary alicyclic amines) is 1. The highest BCUT2D eigenvalue weighted by Crippen LogP contribution is 2.23. The highest BCUT2D eigenvalue weighted by Gasteiger charge is 2.29. The van der Waals surface area contributed by atoms with Gasteiger partial charge in [0.2, 0.25) is 27.7 Å². The van der Waals surface area contributed by atoms with Crippen molar-refractivity contribution in [2.75, 3.05) is 12.3 Å². The number of imide groups is 1. The second kappa shape index (κ2) is 8.75. The lowest BCUT2D eigenvalue weighted by molar-refractivity contribution is -0.147. The van der Waals surface area contributed by atoms with Crippen molar-refractivity contribution in [2.24, 2.45) is 0 Å². The number of rotatable bonds is 7. The van der Waals surface area contributed by atoms with Crippen molar-refractivity contribution in [1.82, 2.24) is 19.6 Å². The molecule has 0 unspecified atom stereocenters. The molecule has 10 heteroatoms. The van der Waals surface area contributed by atoms with Crippen molar-refractivity contribution in [3.63, 3.8) is 0 Å². The average Bonchev–Trinajstić information content (AvgIpc) is 2.63. The van der Waals surface area contributed by atoms with E-state index >= 15 is 0 Å². The fraction of sp³-hybridized carbons (Fsp3) is 0.647. The zero-order valence-corrected chi connectivity index (χ0v) is 15.9. The molecule has 0 atom stereocenters. The monoisotopic (exact) mass is 396 g/mol. The highest BCUT2D eigenvalue weighted by atomic mass is 32.2. The Morgan fingerprint density at radius 3 is 2.44 bits per heavy atom. The van der Waals surface area contributed by atoms with E-state index in [1.54, 1.807) is 18.6 Å². The van der Waals surface area contributed by atoms with E-state index in [0.29, 0.717) is 50.8 Å². The van der Waals surface area contributed by atoms with E-state index in [1.165, 1.54) is 0 Å². The molecule has 0 bridgehead atoms. The van der Waals surface area contributed by atoms with Crippen LogP contribution in [0.15, 0.2) is 18.6 Å². The number of amides is 2. The summed E-state index contributed by atoms with van der Waals surface area (Å²) in [5.41, 5.74) is 0. The Bertz CT molecular complexity index is 747. The van der Waals surface area contributed by atoms with Crippen LogP contribution >= 0.6 is 0 Å². The number of piperidine rings is 1. The van der Waals surface area contributed by atoms with Gasteiger partial charge in [-0.3, -0.25) is 19.5 Å². The summed E-state index contributed by atoms with van der Waals surface area (Å²) in [6, 6.07) is -0.163. The Balaban J connectivity index is 1.43. The summed E-state index contributed by atoms with van der Waals surface area (Å²) in [7, 11) is -3.56. The first-order valence-electron chi connectivity index (χ1n) is 9.19. The van der Waals surface area contributed by atoms with E-state index in [1.807, 2.05) is 0 Å². The third kappa shape index (κ3) is 5.70. The quantitative estimate of drug-likeness (QED) is 0.671. The molecule has 9 nitrogen and oxygen atoms in total. The normalized spacial score (nSPS) is 24.1. The number of carbonyl (C=O) groups is 2. The number of ether oxygens (including phenoxy) is 1. The van der Waals surface area contributed by atoms with Gasteiger partial charge >= 0.3 is 0 Å². The molecule has 1 aromatic rings. The lowest BCUT2D eigenvalue weighted by atomic mass is 9.94. The number of carbonyl (C=O) groups excluding carboxylic acids is 2. The number of nitrogens with zero attached hydrogens (tertiary/aromatic N) is 3. The zero-order valence-electron chi connectivity index (χ0n) is 15.0. The second-order valence-electron chi connectivity index (χ2n) is 6.86. The van der Waals surface area contributed by atoms with Crippen LogP contribution in [0.25, 0.3) is 0 Å². The van der Waals surface area contributed by atoms with Crippen LogP contribution < -0.4 is 9.46 Å². The summed E-state index contributed by atoms with van der Waals surface area (Å²) < 4.78 is 33.1. The predicted molar refractivity (Wildman–Crippen MR) is 96.2 cm³/mol. The lowest BCUT2D eigenvalue weighted by Crippen LogP contribution is -2.46. The first-order valence-corrected chi connectivity index (χ1v) is 10.8. The second-order valence-corrected chi connectivity index (χ2v) is 8.74. The maximum absolute atomic E-state index is 12.3. The topological polar surface area (TPSA) is 119 Å². The van der Waals surface area contributed by atoms with Crippen molar-refractivity contribution in [3.05, 3.63) is 18.6 Å². The summed E-state index contributed by atoms with van der Waals surface area (Å²) in [4.78, 5) is 32.6. The molecule has 2 aliphatic rings. The number of sulfonamides is 1. The third-order valence-corrected chi connectivity index (χ3v) is 6.23. The minimum Gasteiger partial charge on any atom is -0.473 e. The summed E-state index contributed by atoms with van der Waals surface area (Å²) in [5, 5.41) is 0. The molecule has 1 saturated carbocycles. The van der Waals surface area contributed by atoms with Crippen LogP contribution in [0, 0.1) is 0 Å². The molecule has 1 aromatic heterocycles. The number of aromatic nitrogens is 2. The molecule has 148 valence electrons. The van der Waals surface area contributed by atoms with Gasteiger partial charge in [0, 0.05) is 37.8 Å². The van der Waals surface area contributed by atoms with Crippen LogP contribution in [0.1, 0.15) is 44.9 Å². The summed E-state index contributed by atoms with van der Waals surface area (Å²) in [6.45, 7) is -0.0852. The Morgan fingerprint density at radius 2 is 1.81 bits per heavy atom. The summed E-state index contributed by atoms with van der Waals surface area (Å²) >= 11 is 0. The molecule has 1 saturated heterocycles. The van der Waals surface area contributed by atoms with Crippen LogP contribution in [0.3, 0.4) is 0 Å². The van der Waals surface area contributed by atoms with Crippen molar-refractivity contribution in [1.29, 1.82) is 0 Å². The molecule has 0 aromatic carbocycles. The minimum absolute atomic E-state index is 0.00829. The van der Waals surface area contributed by atoms with Gasteiger partial charge in [0.15, 0.2) is 0 Å². The summed E-state index contributed by atoms with van der Waals surface area (Å²) in [5.74, 6) is -0.371. The van der Waals surface area contributed by atoms with E-state index in [9.17, 15) is 18.0 Å². The van der Waals surface area contributed by atoms with Gasteiger partial charge in [-0.1, -0.05) is 0 Å². The van der Waals surface area contributed by atoms with Crippen LogP contribution in [0.2, 0.25) is 0 Å². The summed E-state index contributed by atoms with van der Waals surface area (Å²) in [6.07, 6.45) is 8.57. The molecule has 1 N–H and O–H groups in total. The Labute approximate surface area is 158 Å². The fourth-order valence-corrected chi connectivity index (χ4v) is 4.67. The first kappa shape index (κ1) is 19.7. The van der Waals surface area contributed by atoms with Crippen LogP contribution in [-0.2, 0) is 19.6 Å². The van der Waals surface area contributed by atoms with Gasteiger partial charge in [0.25, 0.3) is 0 Å². The first-order chi connectivity index (χ1) is 12.9. The molecule has 1 aliphatic carbocycles. The maximum Gasteiger partial charge on any atom is 0.232 e. The van der Waals surface area contributed by atoms with Gasteiger partial charge in [0.05, 0.1) is 11.9 Å². The van der Waals surface area contributed by atoms with Crippen LogP contribution in [0.5, 0.6) is 5.88 Å². The van der Waals surface area contributed by atoms with E-state index < -0.39 is 10.0 Å². The lowest BCUT2D eigenvalue weighted by Gasteiger charge is -2.29. The van der Waals surface area contributed by atoms with E-state index in [2.05, 4.69) is 14.7 Å². The highest BCUT2D eigenvalue weighted by molar-refractivity contribution is 7.89.